The minimum absolute atomic E-state index is 0.709. The molecule has 5 nitrogen and oxygen atoms in total. The molecule has 0 saturated heterocycles. The van der Waals surface area contributed by atoms with Crippen LogP contribution in [0.1, 0.15) is 18.1 Å². The Balaban J connectivity index is 1.86. The number of fused-ring (bicyclic) bond motifs is 1. The first-order chi connectivity index (χ1) is 13.1. The lowest BCUT2D eigenvalue weighted by molar-refractivity contribution is 0.893. The molecule has 0 amide bonds. The van der Waals surface area contributed by atoms with Gasteiger partial charge in [-0.1, -0.05) is 29.8 Å². The first-order valence-corrected chi connectivity index (χ1v) is 9.25. The SMILES string of the molecule is CCN(c1cccc(C)c1)c1ncnc2c1cnn2-c1ccc(C)c(Cl)c1. The Morgan fingerprint density at radius 3 is 2.67 bits per heavy atom. The van der Waals surface area contributed by atoms with Crippen molar-refractivity contribution < 1.29 is 0 Å². The molecule has 0 atom stereocenters. The lowest BCUT2D eigenvalue weighted by atomic mass is 10.2. The second-order valence-electron chi connectivity index (χ2n) is 6.51. The smallest absolute Gasteiger partial charge is 0.168 e. The van der Waals surface area contributed by atoms with Gasteiger partial charge in [0.15, 0.2) is 5.65 Å². The third kappa shape index (κ3) is 3.15. The number of hydrogen-bond donors (Lipinski definition) is 0. The second kappa shape index (κ2) is 7.00. The fraction of sp³-hybridized carbons (Fsp3) is 0.190. The summed E-state index contributed by atoms with van der Waals surface area (Å²) < 4.78 is 1.80. The Morgan fingerprint density at radius 2 is 1.93 bits per heavy atom. The monoisotopic (exact) mass is 377 g/mol. The second-order valence-corrected chi connectivity index (χ2v) is 6.91. The first kappa shape index (κ1) is 17.5. The molecule has 2 aromatic heterocycles. The number of hydrogen-bond acceptors (Lipinski definition) is 4. The Hall–Kier alpha value is -2.92. The van der Waals surface area contributed by atoms with Crippen molar-refractivity contribution in [2.24, 2.45) is 0 Å². The molecule has 6 heteroatoms. The van der Waals surface area contributed by atoms with Crippen molar-refractivity contribution in [3.8, 4) is 5.69 Å². The molecule has 2 aromatic carbocycles. The highest BCUT2D eigenvalue weighted by molar-refractivity contribution is 6.31. The van der Waals surface area contributed by atoms with Crippen LogP contribution in [0.15, 0.2) is 55.0 Å². The third-order valence-corrected chi connectivity index (χ3v) is 5.04. The average Bonchev–Trinajstić information content (AvgIpc) is 3.10. The van der Waals surface area contributed by atoms with Crippen LogP contribution in [0.5, 0.6) is 0 Å². The van der Waals surface area contributed by atoms with E-state index >= 15 is 0 Å². The minimum Gasteiger partial charge on any atom is -0.326 e. The van der Waals surface area contributed by atoms with E-state index in [1.807, 2.05) is 31.3 Å². The number of anilines is 2. The van der Waals surface area contributed by atoms with E-state index in [1.54, 1.807) is 11.0 Å². The zero-order chi connectivity index (χ0) is 19.0. The fourth-order valence-electron chi connectivity index (χ4n) is 3.20. The summed E-state index contributed by atoms with van der Waals surface area (Å²) in [5.41, 5.74) is 4.98. The van der Waals surface area contributed by atoms with Crippen LogP contribution in [0.2, 0.25) is 5.02 Å². The van der Waals surface area contributed by atoms with Crippen LogP contribution in [-0.2, 0) is 0 Å². The lowest BCUT2D eigenvalue weighted by Gasteiger charge is -2.22. The van der Waals surface area contributed by atoms with Gasteiger partial charge in [0.25, 0.3) is 0 Å². The van der Waals surface area contributed by atoms with Gasteiger partial charge in [0.1, 0.15) is 12.1 Å². The predicted octanol–water partition coefficient (Wildman–Crippen LogP) is 5.24. The summed E-state index contributed by atoms with van der Waals surface area (Å²) in [4.78, 5) is 11.2. The number of halogens is 1. The Kier molecular flexibility index (Phi) is 4.54. The van der Waals surface area contributed by atoms with E-state index in [9.17, 15) is 0 Å². The number of rotatable bonds is 4. The standard InChI is InChI=1S/C21H20ClN5/c1-4-26(16-7-5-6-14(2)10-16)20-18-12-25-27(21(18)24-13-23-20)17-9-8-15(3)19(22)11-17/h5-13H,4H2,1-3H3. The Morgan fingerprint density at radius 1 is 1.07 bits per heavy atom. The van der Waals surface area contributed by atoms with Gasteiger partial charge in [-0.2, -0.15) is 5.10 Å². The quantitative estimate of drug-likeness (QED) is 0.487. The molecule has 0 aliphatic rings. The molecule has 0 saturated carbocycles. The normalized spacial score (nSPS) is 11.1. The van der Waals surface area contributed by atoms with Crippen molar-refractivity contribution in [1.29, 1.82) is 0 Å². The number of aromatic nitrogens is 4. The Bertz CT molecular complexity index is 1120. The van der Waals surface area contributed by atoms with Crippen LogP contribution in [0.3, 0.4) is 0 Å². The van der Waals surface area contributed by atoms with E-state index in [4.69, 9.17) is 11.6 Å². The van der Waals surface area contributed by atoms with Crippen LogP contribution in [-0.4, -0.2) is 26.3 Å². The van der Waals surface area contributed by atoms with Gasteiger partial charge in [0.2, 0.25) is 0 Å². The van der Waals surface area contributed by atoms with E-state index < -0.39 is 0 Å². The molecule has 4 rings (SSSR count). The molecule has 0 aliphatic carbocycles. The third-order valence-electron chi connectivity index (χ3n) is 4.63. The molecule has 136 valence electrons. The van der Waals surface area contributed by atoms with Crippen LogP contribution in [0.4, 0.5) is 11.5 Å². The first-order valence-electron chi connectivity index (χ1n) is 8.88. The van der Waals surface area contributed by atoms with Gasteiger partial charge in [0.05, 0.1) is 17.3 Å². The predicted molar refractivity (Wildman–Crippen MR) is 110 cm³/mol. The molecule has 0 unspecified atom stereocenters. The fourth-order valence-corrected chi connectivity index (χ4v) is 3.37. The van der Waals surface area contributed by atoms with Crippen LogP contribution < -0.4 is 4.90 Å². The van der Waals surface area contributed by atoms with E-state index in [-0.39, 0.29) is 0 Å². The topological polar surface area (TPSA) is 46.8 Å². The van der Waals surface area contributed by atoms with Crippen LogP contribution in [0.25, 0.3) is 16.7 Å². The maximum atomic E-state index is 6.30. The van der Waals surface area contributed by atoms with Gasteiger partial charge in [-0.15, -0.1) is 0 Å². The molecule has 0 spiro atoms. The van der Waals surface area contributed by atoms with Gasteiger partial charge >= 0.3 is 0 Å². The average molecular weight is 378 g/mol. The molecule has 4 aromatic rings. The summed E-state index contributed by atoms with van der Waals surface area (Å²) in [5, 5.41) is 6.16. The summed E-state index contributed by atoms with van der Waals surface area (Å²) in [6.07, 6.45) is 3.40. The van der Waals surface area contributed by atoms with Crippen molar-refractivity contribution in [3.63, 3.8) is 0 Å². The van der Waals surface area contributed by atoms with E-state index in [0.29, 0.717) is 5.02 Å². The largest absolute Gasteiger partial charge is 0.326 e. The van der Waals surface area contributed by atoms with Gasteiger partial charge < -0.3 is 4.90 Å². The molecule has 27 heavy (non-hydrogen) atoms. The minimum atomic E-state index is 0.709. The van der Waals surface area contributed by atoms with Crippen molar-refractivity contribution in [3.05, 3.63) is 71.1 Å². The molecular formula is C21H20ClN5. The number of aryl methyl sites for hydroxylation is 2. The van der Waals surface area contributed by atoms with E-state index in [0.717, 1.165) is 40.3 Å². The maximum Gasteiger partial charge on any atom is 0.168 e. The molecule has 0 radical (unpaired) electrons. The highest BCUT2D eigenvalue weighted by Crippen LogP contribution is 2.31. The highest BCUT2D eigenvalue weighted by Gasteiger charge is 2.17. The van der Waals surface area contributed by atoms with Crippen molar-refractivity contribution >= 4 is 34.1 Å². The van der Waals surface area contributed by atoms with Crippen molar-refractivity contribution in [2.75, 3.05) is 11.4 Å². The van der Waals surface area contributed by atoms with Crippen molar-refractivity contribution in [1.82, 2.24) is 19.7 Å². The van der Waals surface area contributed by atoms with Gasteiger partial charge in [-0.05, 0) is 56.2 Å². The summed E-state index contributed by atoms with van der Waals surface area (Å²) >= 11 is 6.30. The summed E-state index contributed by atoms with van der Waals surface area (Å²) in [6, 6.07) is 14.3. The molecule has 2 heterocycles. The van der Waals surface area contributed by atoms with Gasteiger partial charge in [0, 0.05) is 17.3 Å². The summed E-state index contributed by atoms with van der Waals surface area (Å²) in [6.45, 7) is 6.97. The van der Waals surface area contributed by atoms with Gasteiger partial charge in [-0.3, -0.25) is 0 Å². The molecule has 0 bridgehead atoms. The zero-order valence-electron chi connectivity index (χ0n) is 15.5. The number of benzene rings is 2. The maximum absolute atomic E-state index is 6.30. The van der Waals surface area contributed by atoms with Crippen LogP contribution in [0, 0.1) is 13.8 Å². The van der Waals surface area contributed by atoms with E-state index in [1.165, 1.54) is 5.56 Å². The summed E-state index contributed by atoms with van der Waals surface area (Å²) in [5.74, 6) is 0.845. The molecular weight excluding hydrogens is 358 g/mol. The van der Waals surface area contributed by atoms with Crippen LogP contribution >= 0.6 is 11.6 Å². The van der Waals surface area contributed by atoms with E-state index in [2.05, 4.69) is 58.1 Å². The molecule has 0 fully saturated rings. The lowest BCUT2D eigenvalue weighted by Crippen LogP contribution is -2.18. The zero-order valence-corrected chi connectivity index (χ0v) is 16.3. The molecule has 0 N–H and O–H groups in total. The molecule has 0 aliphatic heterocycles. The Labute approximate surface area is 163 Å². The van der Waals surface area contributed by atoms with Gasteiger partial charge in [-0.25, -0.2) is 14.6 Å². The number of nitrogens with zero attached hydrogens (tertiary/aromatic N) is 5. The van der Waals surface area contributed by atoms with Crippen molar-refractivity contribution in [2.45, 2.75) is 20.8 Å². The summed E-state index contributed by atoms with van der Waals surface area (Å²) in [7, 11) is 0. The highest BCUT2D eigenvalue weighted by atomic mass is 35.5.